The van der Waals surface area contributed by atoms with Crippen LogP contribution in [0.1, 0.15) is 49.5 Å². The number of rotatable bonds is 5. The Bertz CT molecular complexity index is 875. The average Bonchev–Trinajstić information content (AvgIpc) is 2.77. The predicted octanol–water partition coefficient (Wildman–Crippen LogP) is 6.20. The maximum Gasteiger partial charge on any atom is 0.194 e. The molecule has 31 heavy (non-hydrogen) atoms. The summed E-state index contributed by atoms with van der Waals surface area (Å²) in [6, 6.07) is 3.51. The van der Waals surface area contributed by atoms with E-state index in [1.807, 2.05) is 0 Å². The molecule has 0 bridgehead atoms. The summed E-state index contributed by atoms with van der Waals surface area (Å²) in [5.41, 5.74) is 0.0790. The van der Waals surface area contributed by atoms with E-state index in [0.717, 1.165) is 25.0 Å². The molecule has 1 aliphatic carbocycles. The van der Waals surface area contributed by atoms with Gasteiger partial charge in [-0.15, -0.1) is 0 Å². The van der Waals surface area contributed by atoms with E-state index in [1.165, 1.54) is 19.3 Å². The quantitative estimate of drug-likeness (QED) is 0.408. The summed E-state index contributed by atoms with van der Waals surface area (Å²) in [7, 11) is 0. The van der Waals surface area contributed by atoms with Crippen molar-refractivity contribution in [3.8, 4) is 5.75 Å². The van der Waals surface area contributed by atoms with Crippen LogP contribution in [0.4, 0.5) is 22.0 Å². The van der Waals surface area contributed by atoms with Gasteiger partial charge in [-0.25, -0.2) is 22.0 Å². The van der Waals surface area contributed by atoms with Gasteiger partial charge in [-0.3, -0.25) is 0 Å². The molecule has 168 valence electrons. The minimum atomic E-state index is -1.62. The smallest absolute Gasteiger partial charge is 0.194 e. The maximum atomic E-state index is 14.5. The Labute approximate surface area is 177 Å². The second-order valence-corrected chi connectivity index (χ2v) is 8.13. The second kappa shape index (κ2) is 9.53. The molecule has 0 aromatic heterocycles. The molecule has 0 atom stereocenters. The predicted molar refractivity (Wildman–Crippen MR) is 102 cm³/mol. The standard InChI is InChI=1S/C23H23F5O3/c24-17-6-13(7-18(25)21(17)28)10-29-22-19(26)8-15(9-20(22)27)23-30-11-16(12-31-23)14-4-2-1-3-5-14/h6-9,14,16,23H,1-5,10-12H2. The average molecular weight is 442 g/mol. The first-order valence-corrected chi connectivity index (χ1v) is 10.4. The van der Waals surface area contributed by atoms with Gasteiger partial charge >= 0.3 is 0 Å². The van der Waals surface area contributed by atoms with Crippen molar-refractivity contribution in [2.75, 3.05) is 13.2 Å². The van der Waals surface area contributed by atoms with Crippen LogP contribution in [0.25, 0.3) is 0 Å². The molecule has 2 aliphatic rings. The highest BCUT2D eigenvalue weighted by Crippen LogP contribution is 2.36. The molecule has 8 heteroatoms. The molecule has 0 amide bonds. The van der Waals surface area contributed by atoms with Crippen molar-refractivity contribution in [1.82, 2.24) is 0 Å². The molecule has 2 fully saturated rings. The molecule has 3 nitrogen and oxygen atoms in total. The molecule has 0 N–H and O–H groups in total. The number of hydrogen-bond donors (Lipinski definition) is 0. The number of benzene rings is 2. The zero-order valence-corrected chi connectivity index (χ0v) is 16.8. The van der Waals surface area contributed by atoms with Crippen LogP contribution in [0.15, 0.2) is 24.3 Å². The molecule has 0 radical (unpaired) electrons. The lowest BCUT2D eigenvalue weighted by molar-refractivity contribution is -0.214. The first-order chi connectivity index (χ1) is 14.9. The van der Waals surface area contributed by atoms with E-state index in [9.17, 15) is 22.0 Å². The molecular formula is C23H23F5O3. The van der Waals surface area contributed by atoms with Gasteiger partial charge in [0.05, 0.1) is 13.2 Å². The van der Waals surface area contributed by atoms with Crippen molar-refractivity contribution in [3.63, 3.8) is 0 Å². The molecule has 2 aromatic carbocycles. The van der Waals surface area contributed by atoms with Crippen LogP contribution in [0.5, 0.6) is 5.75 Å². The molecule has 0 unspecified atom stereocenters. The van der Waals surface area contributed by atoms with Crippen LogP contribution >= 0.6 is 0 Å². The Hall–Kier alpha value is -2.19. The number of hydrogen-bond acceptors (Lipinski definition) is 3. The summed E-state index contributed by atoms with van der Waals surface area (Å²) in [6.45, 7) is 0.401. The Kier molecular flexibility index (Phi) is 6.77. The minimum absolute atomic E-state index is 0.105. The topological polar surface area (TPSA) is 27.7 Å². The summed E-state index contributed by atoms with van der Waals surface area (Å²) in [5.74, 6) is -6.31. The van der Waals surface area contributed by atoms with Crippen LogP contribution in [0, 0.1) is 40.9 Å². The van der Waals surface area contributed by atoms with Gasteiger partial charge < -0.3 is 14.2 Å². The molecule has 1 heterocycles. The van der Waals surface area contributed by atoms with Gasteiger partial charge in [-0.05, 0) is 35.7 Å². The lowest BCUT2D eigenvalue weighted by Gasteiger charge is -2.36. The van der Waals surface area contributed by atoms with Crippen molar-refractivity contribution in [1.29, 1.82) is 0 Å². The summed E-state index contributed by atoms with van der Waals surface area (Å²) >= 11 is 0. The van der Waals surface area contributed by atoms with Crippen molar-refractivity contribution in [2.24, 2.45) is 11.8 Å². The first-order valence-electron chi connectivity index (χ1n) is 10.4. The fraction of sp³-hybridized carbons (Fsp3) is 0.478. The minimum Gasteiger partial charge on any atom is -0.483 e. The summed E-state index contributed by atoms with van der Waals surface area (Å²) in [5, 5.41) is 0. The summed E-state index contributed by atoms with van der Waals surface area (Å²) in [4.78, 5) is 0. The van der Waals surface area contributed by atoms with E-state index in [-0.39, 0.29) is 17.0 Å². The van der Waals surface area contributed by atoms with Crippen molar-refractivity contribution < 1.29 is 36.2 Å². The highest BCUT2D eigenvalue weighted by Gasteiger charge is 2.31. The van der Waals surface area contributed by atoms with Gasteiger partial charge in [0.1, 0.15) is 6.61 Å². The summed E-state index contributed by atoms with van der Waals surface area (Å²) < 4.78 is 85.1. The third kappa shape index (κ3) is 5.01. The van der Waals surface area contributed by atoms with Crippen molar-refractivity contribution in [3.05, 3.63) is 64.5 Å². The van der Waals surface area contributed by atoms with Gasteiger partial charge in [0.2, 0.25) is 0 Å². The van der Waals surface area contributed by atoms with Crippen molar-refractivity contribution >= 4 is 0 Å². The SMILES string of the molecule is Fc1cc(COc2c(F)cc(C3OCC(C4CCCCC4)CO3)cc2F)cc(F)c1F. The second-order valence-electron chi connectivity index (χ2n) is 8.13. The molecule has 1 aliphatic heterocycles. The maximum absolute atomic E-state index is 14.5. The Morgan fingerprint density at radius 3 is 1.90 bits per heavy atom. The number of halogens is 5. The van der Waals surface area contributed by atoms with Crippen molar-refractivity contribution in [2.45, 2.75) is 45.0 Å². The first kappa shape index (κ1) is 22.0. The molecule has 4 rings (SSSR count). The lowest BCUT2D eigenvalue weighted by atomic mass is 9.80. The van der Waals surface area contributed by atoms with Gasteiger partial charge in [-0.2, -0.15) is 0 Å². The molecular weight excluding hydrogens is 419 g/mol. The summed E-state index contributed by atoms with van der Waals surface area (Å²) in [6.07, 6.45) is 5.10. The van der Waals surface area contributed by atoms with Crippen LogP contribution < -0.4 is 4.74 Å². The fourth-order valence-electron chi connectivity index (χ4n) is 4.29. The van der Waals surface area contributed by atoms with Crippen LogP contribution in [-0.4, -0.2) is 13.2 Å². The van der Waals surface area contributed by atoms with E-state index in [1.54, 1.807) is 0 Å². The van der Waals surface area contributed by atoms with E-state index >= 15 is 0 Å². The number of ether oxygens (including phenoxy) is 3. The molecule has 1 saturated heterocycles. The monoisotopic (exact) mass is 442 g/mol. The molecule has 2 aromatic rings. The highest BCUT2D eigenvalue weighted by molar-refractivity contribution is 5.32. The third-order valence-corrected chi connectivity index (χ3v) is 5.96. The van der Waals surface area contributed by atoms with Gasteiger partial charge in [0.15, 0.2) is 41.1 Å². The van der Waals surface area contributed by atoms with E-state index in [4.69, 9.17) is 14.2 Å². The highest BCUT2D eigenvalue weighted by atomic mass is 19.2. The van der Waals surface area contributed by atoms with Crippen LogP contribution in [-0.2, 0) is 16.1 Å². The third-order valence-electron chi connectivity index (χ3n) is 5.96. The Morgan fingerprint density at radius 2 is 1.32 bits per heavy atom. The van der Waals surface area contributed by atoms with Gasteiger partial charge in [0, 0.05) is 11.5 Å². The Balaban J connectivity index is 1.39. The normalized spacial score (nSPS) is 22.5. The van der Waals surface area contributed by atoms with Gasteiger partial charge in [0.25, 0.3) is 0 Å². The molecule has 1 saturated carbocycles. The molecule has 0 spiro atoms. The largest absolute Gasteiger partial charge is 0.483 e. The zero-order valence-electron chi connectivity index (χ0n) is 16.8. The van der Waals surface area contributed by atoms with E-state index < -0.39 is 47.7 Å². The van der Waals surface area contributed by atoms with E-state index in [2.05, 4.69) is 0 Å². The van der Waals surface area contributed by atoms with Crippen LogP contribution in [0.3, 0.4) is 0 Å². The zero-order chi connectivity index (χ0) is 22.0. The lowest BCUT2D eigenvalue weighted by Crippen LogP contribution is -2.33. The fourth-order valence-corrected chi connectivity index (χ4v) is 4.29. The Morgan fingerprint density at radius 1 is 0.742 bits per heavy atom. The van der Waals surface area contributed by atoms with Crippen LogP contribution in [0.2, 0.25) is 0 Å². The van der Waals surface area contributed by atoms with E-state index in [0.29, 0.717) is 31.3 Å². The van der Waals surface area contributed by atoms with Gasteiger partial charge in [-0.1, -0.05) is 32.1 Å².